The Bertz CT molecular complexity index is 809. The fourth-order valence-electron chi connectivity index (χ4n) is 1.93. The second kappa shape index (κ2) is 6.78. The molecule has 0 bridgehead atoms. The summed E-state index contributed by atoms with van der Waals surface area (Å²) in [6.07, 6.45) is 1.50. The van der Waals surface area contributed by atoms with E-state index in [1.807, 2.05) is 51.3 Å². The number of phenols is 1. The number of carbonyl (C=O) groups is 1. The van der Waals surface area contributed by atoms with Crippen LogP contribution in [0.2, 0.25) is 0 Å². The van der Waals surface area contributed by atoms with Crippen molar-refractivity contribution < 1.29 is 9.90 Å². The molecule has 0 fully saturated rings. The van der Waals surface area contributed by atoms with Gasteiger partial charge in [-0.1, -0.05) is 0 Å². The lowest BCUT2D eigenvalue weighted by molar-refractivity contribution is 0.0944. The monoisotopic (exact) mass is 519 g/mol. The number of rotatable bonds is 2. The summed E-state index contributed by atoms with van der Waals surface area (Å²) in [5.74, 6) is -0.270. The molecule has 22 heavy (non-hydrogen) atoms. The first-order valence-corrected chi connectivity index (χ1v) is 8.37. The van der Waals surface area contributed by atoms with Crippen LogP contribution in [0.5, 0.6) is 5.75 Å². The fraction of sp³-hybridized carbons (Fsp3) is 0.133. The van der Waals surface area contributed by atoms with Crippen LogP contribution in [0.25, 0.3) is 6.08 Å². The van der Waals surface area contributed by atoms with Gasteiger partial charge in [-0.25, -0.2) is 4.68 Å². The number of nitriles is 1. The molecule has 2 aromatic rings. The summed E-state index contributed by atoms with van der Waals surface area (Å²) < 4.78 is 2.54. The maximum absolute atomic E-state index is 12.4. The topological polar surface area (TPSA) is 78.9 Å². The zero-order valence-corrected chi connectivity index (χ0v) is 16.1. The molecule has 2 rings (SSSR count). The summed E-state index contributed by atoms with van der Waals surface area (Å²) >= 11 is 4.01. The van der Waals surface area contributed by atoms with Crippen LogP contribution in [0.15, 0.2) is 23.8 Å². The first-order valence-electron chi connectivity index (χ1n) is 6.21. The Morgan fingerprint density at radius 1 is 1.32 bits per heavy atom. The Balaban J connectivity index is 2.46. The van der Waals surface area contributed by atoms with E-state index in [2.05, 4.69) is 5.10 Å². The largest absolute Gasteiger partial charge is 0.506 e. The lowest BCUT2D eigenvalue weighted by Crippen LogP contribution is -2.15. The molecule has 1 heterocycles. The highest BCUT2D eigenvalue weighted by atomic mass is 127. The lowest BCUT2D eigenvalue weighted by atomic mass is 10.1. The molecule has 0 radical (unpaired) electrons. The van der Waals surface area contributed by atoms with Gasteiger partial charge in [0.25, 0.3) is 5.91 Å². The third-order valence-corrected chi connectivity index (χ3v) is 4.55. The molecule has 7 heteroatoms. The molecule has 0 saturated carbocycles. The van der Waals surface area contributed by atoms with Gasteiger partial charge in [-0.05, 0) is 88.9 Å². The van der Waals surface area contributed by atoms with Crippen LogP contribution in [-0.4, -0.2) is 20.8 Å². The van der Waals surface area contributed by atoms with Crippen LogP contribution in [-0.2, 0) is 0 Å². The first kappa shape index (κ1) is 17.0. The molecule has 1 N–H and O–H groups in total. The lowest BCUT2D eigenvalue weighted by Gasteiger charge is -2.04. The molecule has 1 aromatic carbocycles. The van der Waals surface area contributed by atoms with Crippen molar-refractivity contribution in [2.45, 2.75) is 13.8 Å². The number of phenolic OH excluding ortho intramolecular Hbond substituents is 1. The van der Waals surface area contributed by atoms with E-state index in [1.165, 1.54) is 10.8 Å². The SMILES string of the molecule is Cc1cc(C)n(C(=O)/C(C#N)=C/c2cc(I)c(O)c(I)c2)n1. The zero-order chi connectivity index (χ0) is 16.4. The summed E-state index contributed by atoms with van der Waals surface area (Å²) in [4.78, 5) is 12.4. The molecular weight excluding hydrogens is 508 g/mol. The van der Waals surface area contributed by atoms with Crippen molar-refractivity contribution in [2.75, 3.05) is 0 Å². The van der Waals surface area contributed by atoms with Crippen molar-refractivity contribution in [3.8, 4) is 11.8 Å². The van der Waals surface area contributed by atoms with Gasteiger partial charge < -0.3 is 5.11 Å². The van der Waals surface area contributed by atoms with E-state index in [0.717, 1.165) is 5.69 Å². The van der Waals surface area contributed by atoms with Crippen LogP contribution in [0.1, 0.15) is 21.7 Å². The van der Waals surface area contributed by atoms with Crippen LogP contribution in [0, 0.1) is 32.3 Å². The van der Waals surface area contributed by atoms with Crippen LogP contribution in [0.3, 0.4) is 0 Å². The van der Waals surface area contributed by atoms with E-state index in [1.54, 1.807) is 32.0 Å². The standard InChI is InChI=1S/C15H11I2N3O2/c1-8-3-9(2)20(19-8)15(22)11(7-18)4-10-5-12(16)14(21)13(17)6-10/h3-6,21H,1-2H3/b11-4+. The van der Waals surface area contributed by atoms with E-state index >= 15 is 0 Å². The zero-order valence-electron chi connectivity index (χ0n) is 11.8. The quantitative estimate of drug-likeness (QED) is 0.374. The Morgan fingerprint density at radius 3 is 2.36 bits per heavy atom. The summed E-state index contributed by atoms with van der Waals surface area (Å²) in [6.45, 7) is 3.55. The molecule has 1 aromatic heterocycles. The minimum atomic E-state index is -0.466. The highest BCUT2D eigenvalue weighted by Gasteiger charge is 2.16. The summed E-state index contributed by atoms with van der Waals surface area (Å²) in [7, 11) is 0. The Hall–Kier alpha value is -1.41. The number of hydrogen-bond acceptors (Lipinski definition) is 4. The van der Waals surface area contributed by atoms with Gasteiger partial charge in [-0.3, -0.25) is 4.79 Å². The number of hydrogen-bond donors (Lipinski definition) is 1. The number of aryl methyl sites for hydroxylation is 2. The number of nitrogens with zero attached hydrogens (tertiary/aromatic N) is 3. The predicted molar refractivity (Wildman–Crippen MR) is 99.5 cm³/mol. The molecule has 0 amide bonds. The van der Waals surface area contributed by atoms with Crippen molar-refractivity contribution in [3.05, 3.63) is 47.9 Å². The molecule has 0 aliphatic carbocycles. The molecular formula is C15H11I2N3O2. The second-order valence-corrected chi connectivity index (χ2v) is 6.97. The van der Waals surface area contributed by atoms with E-state index in [4.69, 9.17) is 0 Å². The molecule has 0 aliphatic heterocycles. The third-order valence-electron chi connectivity index (χ3n) is 2.90. The van der Waals surface area contributed by atoms with Crippen molar-refractivity contribution in [2.24, 2.45) is 0 Å². The molecule has 0 saturated heterocycles. The average molecular weight is 519 g/mol. The van der Waals surface area contributed by atoms with Gasteiger partial charge in [0.15, 0.2) is 0 Å². The van der Waals surface area contributed by atoms with Crippen molar-refractivity contribution in [3.63, 3.8) is 0 Å². The maximum Gasteiger partial charge on any atom is 0.289 e. The number of allylic oxidation sites excluding steroid dienone is 1. The maximum atomic E-state index is 12.4. The van der Waals surface area contributed by atoms with Gasteiger partial charge in [0.2, 0.25) is 0 Å². The highest BCUT2D eigenvalue weighted by Crippen LogP contribution is 2.28. The number of halogens is 2. The second-order valence-electron chi connectivity index (χ2n) is 4.65. The first-order chi connectivity index (χ1) is 10.3. The predicted octanol–water partition coefficient (Wildman–Crippen LogP) is 3.66. The third kappa shape index (κ3) is 3.49. The highest BCUT2D eigenvalue weighted by molar-refractivity contribution is 14.1. The van der Waals surface area contributed by atoms with Crippen LogP contribution >= 0.6 is 45.2 Å². The van der Waals surface area contributed by atoms with E-state index in [-0.39, 0.29) is 11.3 Å². The van der Waals surface area contributed by atoms with E-state index < -0.39 is 5.91 Å². The number of benzene rings is 1. The van der Waals surface area contributed by atoms with Crippen molar-refractivity contribution in [1.29, 1.82) is 5.26 Å². The van der Waals surface area contributed by atoms with Gasteiger partial charge >= 0.3 is 0 Å². The van der Waals surface area contributed by atoms with E-state index in [9.17, 15) is 15.2 Å². The average Bonchev–Trinajstić information content (AvgIpc) is 2.80. The molecule has 0 spiro atoms. The summed E-state index contributed by atoms with van der Waals surface area (Å²) in [5.41, 5.74) is 2.07. The Morgan fingerprint density at radius 2 is 1.91 bits per heavy atom. The Labute approximate surface area is 154 Å². The minimum Gasteiger partial charge on any atom is -0.506 e. The molecule has 5 nitrogen and oxygen atoms in total. The van der Waals surface area contributed by atoms with Crippen molar-refractivity contribution in [1.82, 2.24) is 9.78 Å². The van der Waals surface area contributed by atoms with Crippen LogP contribution in [0.4, 0.5) is 0 Å². The molecule has 0 atom stereocenters. The molecule has 0 unspecified atom stereocenters. The molecule has 0 aliphatic rings. The van der Waals surface area contributed by atoms with Gasteiger partial charge in [-0.2, -0.15) is 10.4 Å². The smallest absolute Gasteiger partial charge is 0.289 e. The number of aromatic hydroxyl groups is 1. The fourth-order valence-corrected chi connectivity index (χ4v) is 3.74. The number of carbonyl (C=O) groups excluding carboxylic acids is 1. The summed E-state index contributed by atoms with van der Waals surface area (Å²) in [6, 6.07) is 7.12. The normalized spacial score (nSPS) is 11.3. The van der Waals surface area contributed by atoms with Crippen molar-refractivity contribution >= 4 is 57.2 Å². The van der Waals surface area contributed by atoms with Gasteiger partial charge in [0, 0.05) is 5.69 Å². The van der Waals surface area contributed by atoms with Gasteiger partial charge in [0.05, 0.1) is 12.8 Å². The Kier molecular flexibility index (Phi) is 5.23. The van der Waals surface area contributed by atoms with Gasteiger partial charge in [0.1, 0.15) is 17.4 Å². The minimum absolute atomic E-state index is 0.0107. The molecule has 112 valence electrons. The van der Waals surface area contributed by atoms with Crippen LogP contribution < -0.4 is 0 Å². The van der Waals surface area contributed by atoms with Gasteiger partial charge in [-0.15, -0.1) is 0 Å². The van der Waals surface area contributed by atoms with E-state index in [0.29, 0.717) is 18.4 Å². The summed E-state index contributed by atoms with van der Waals surface area (Å²) in [5, 5.41) is 23.1. The number of aromatic nitrogens is 2.